The maximum atomic E-state index is 11.7. The number of anilines is 1. The van der Waals surface area contributed by atoms with Crippen LogP contribution in [0.1, 0.15) is 5.56 Å². The summed E-state index contributed by atoms with van der Waals surface area (Å²) in [5, 5.41) is 8.92. The quantitative estimate of drug-likeness (QED) is 0.862. The first-order valence-corrected chi connectivity index (χ1v) is 6.13. The number of nitriles is 1. The second-order valence-electron chi connectivity index (χ2n) is 3.38. The predicted octanol–water partition coefficient (Wildman–Crippen LogP) is 0.785. The molecule has 0 aliphatic rings. The third-order valence-electron chi connectivity index (χ3n) is 2.08. The predicted molar refractivity (Wildman–Crippen MR) is 63.9 cm³/mol. The van der Waals surface area contributed by atoms with Crippen LogP contribution in [-0.4, -0.2) is 33.9 Å². The second kappa shape index (κ2) is 5.03. The monoisotopic (exact) mass is 255 g/mol. The highest BCUT2D eigenvalue weighted by atomic mass is 32.2. The van der Waals surface area contributed by atoms with Gasteiger partial charge in [0, 0.05) is 14.1 Å². The topological polar surface area (TPSA) is 82.4 Å². The molecule has 0 radical (unpaired) electrons. The average molecular weight is 255 g/mol. The van der Waals surface area contributed by atoms with E-state index in [4.69, 9.17) is 10.00 Å². The van der Waals surface area contributed by atoms with Crippen molar-refractivity contribution in [3.8, 4) is 11.8 Å². The maximum absolute atomic E-state index is 11.7. The summed E-state index contributed by atoms with van der Waals surface area (Å²) < 4.78 is 31.7. The van der Waals surface area contributed by atoms with Crippen LogP contribution >= 0.6 is 0 Å². The standard InChI is InChI=1S/C10H13N3O3S/c1-13(2)17(14,15)12-10-8(7-11)5-4-6-9(10)16-3/h4-6,12H,1-3H3. The van der Waals surface area contributed by atoms with Crippen molar-refractivity contribution < 1.29 is 13.2 Å². The molecule has 1 aromatic carbocycles. The van der Waals surface area contributed by atoms with E-state index < -0.39 is 10.2 Å². The van der Waals surface area contributed by atoms with Crippen molar-refractivity contribution in [2.75, 3.05) is 25.9 Å². The van der Waals surface area contributed by atoms with Gasteiger partial charge in [0.15, 0.2) is 0 Å². The van der Waals surface area contributed by atoms with Crippen LogP contribution < -0.4 is 9.46 Å². The molecule has 0 bridgehead atoms. The van der Waals surface area contributed by atoms with Crippen molar-refractivity contribution >= 4 is 15.9 Å². The molecule has 0 aliphatic heterocycles. The van der Waals surface area contributed by atoms with Gasteiger partial charge < -0.3 is 4.74 Å². The molecule has 0 saturated heterocycles. The fourth-order valence-electron chi connectivity index (χ4n) is 1.12. The maximum Gasteiger partial charge on any atom is 0.301 e. The molecule has 0 aromatic heterocycles. The number of benzene rings is 1. The molecule has 0 fully saturated rings. The number of ether oxygens (including phenoxy) is 1. The van der Waals surface area contributed by atoms with E-state index in [0.29, 0.717) is 5.75 Å². The van der Waals surface area contributed by atoms with Crippen LogP contribution in [-0.2, 0) is 10.2 Å². The lowest BCUT2D eigenvalue weighted by Gasteiger charge is -2.16. The van der Waals surface area contributed by atoms with Crippen LogP contribution in [0.4, 0.5) is 5.69 Å². The Labute approximate surface area is 101 Å². The van der Waals surface area contributed by atoms with Gasteiger partial charge in [-0.15, -0.1) is 0 Å². The zero-order valence-corrected chi connectivity index (χ0v) is 10.6. The van der Waals surface area contributed by atoms with Crippen molar-refractivity contribution in [1.29, 1.82) is 5.26 Å². The van der Waals surface area contributed by atoms with Crippen LogP contribution in [0.2, 0.25) is 0 Å². The van der Waals surface area contributed by atoms with Crippen molar-refractivity contribution in [2.45, 2.75) is 0 Å². The lowest BCUT2D eigenvalue weighted by molar-refractivity contribution is 0.416. The number of hydrogen-bond donors (Lipinski definition) is 1. The van der Waals surface area contributed by atoms with Gasteiger partial charge in [0.25, 0.3) is 0 Å². The lowest BCUT2D eigenvalue weighted by Crippen LogP contribution is -2.29. The number of nitrogens with one attached hydrogen (secondary N) is 1. The van der Waals surface area contributed by atoms with E-state index in [1.54, 1.807) is 12.1 Å². The molecule has 17 heavy (non-hydrogen) atoms. The minimum atomic E-state index is -3.66. The summed E-state index contributed by atoms with van der Waals surface area (Å²) in [5.41, 5.74) is 0.348. The van der Waals surface area contributed by atoms with Crippen LogP contribution in [0.3, 0.4) is 0 Å². The molecule has 6 nitrogen and oxygen atoms in total. The first-order chi connectivity index (χ1) is 7.92. The molecule has 0 atom stereocenters. The summed E-state index contributed by atoms with van der Waals surface area (Å²) >= 11 is 0. The summed E-state index contributed by atoms with van der Waals surface area (Å²) in [6.45, 7) is 0. The lowest BCUT2D eigenvalue weighted by atomic mass is 10.2. The van der Waals surface area contributed by atoms with Gasteiger partial charge in [0.05, 0.1) is 12.7 Å². The molecule has 0 amide bonds. The van der Waals surface area contributed by atoms with E-state index in [1.165, 1.54) is 27.3 Å². The molecule has 0 unspecified atom stereocenters. The summed E-state index contributed by atoms with van der Waals surface area (Å²) in [6, 6.07) is 6.61. The van der Waals surface area contributed by atoms with E-state index in [2.05, 4.69) is 4.72 Å². The molecule has 0 saturated carbocycles. The highest BCUT2D eigenvalue weighted by molar-refractivity contribution is 7.90. The molecule has 0 aliphatic carbocycles. The Morgan fingerprint density at radius 1 is 1.41 bits per heavy atom. The second-order valence-corrected chi connectivity index (χ2v) is 5.27. The number of rotatable bonds is 4. The smallest absolute Gasteiger partial charge is 0.301 e. The van der Waals surface area contributed by atoms with Crippen LogP contribution in [0.25, 0.3) is 0 Å². The first kappa shape index (κ1) is 13.3. The van der Waals surface area contributed by atoms with E-state index in [9.17, 15) is 8.42 Å². The summed E-state index contributed by atoms with van der Waals surface area (Å²) in [5.74, 6) is 0.300. The minimum absolute atomic E-state index is 0.145. The third kappa shape index (κ3) is 2.87. The van der Waals surface area contributed by atoms with Gasteiger partial charge in [0.2, 0.25) is 0 Å². The summed E-state index contributed by atoms with van der Waals surface area (Å²) in [6.07, 6.45) is 0. The Morgan fingerprint density at radius 3 is 2.53 bits per heavy atom. The van der Waals surface area contributed by atoms with Gasteiger partial charge in [0.1, 0.15) is 17.5 Å². The Balaban J connectivity index is 3.27. The van der Waals surface area contributed by atoms with Crippen LogP contribution in [0, 0.1) is 11.3 Å². The molecule has 1 aromatic rings. The van der Waals surface area contributed by atoms with Gasteiger partial charge in [-0.25, -0.2) is 0 Å². The molecule has 7 heteroatoms. The fraction of sp³-hybridized carbons (Fsp3) is 0.300. The molecule has 0 heterocycles. The molecule has 1 rings (SSSR count). The Bertz CT molecular complexity index is 546. The number of nitrogens with zero attached hydrogens (tertiary/aromatic N) is 2. The summed E-state index contributed by atoms with van der Waals surface area (Å²) in [4.78, 5) is 0. The highest BCUT2D eigenvalue weighted by Crippen LogP contribution is 2.28. The molecular formula is C10H13N3O3S. The molecular weight excluding hydrogens is 242 g/mol. The number of methoxy groups -OCH3 is 1. The molecule has 1 N–H and O–H groups in total. The van der Waals surface area contributed by atoms with E-state index in [-0.39, 0.29) is 11.3 Å². The Kier molecular flexibility index (Phi) is 3.93. The normalized spacial score (nSPS) is 11.0. The van der Waals surface area contributed by atoms with Gasteiger partial charge in [-0.2, -0.15) is 18.0 Å². The van der Waals surface area contributed by atoms with E-state index >= 15 is 0 Å². The van der Waals surface area contributed by atoms with Gasteiger partial charge >= 0.3 is 10.2 Å². The SMILES string of the molecule is COc1cccc(C#N)c1NS(=O)(=O)N(C)C. The van der Waals surface area contributed by atoms with Crippen LogP contribution in [0.15, 0.2) is 18.2 Å². The largest absolute Gasteiger partial charge is 0.495 e. The zero-order valence-electron chi connectivity index (χ0n) is 9.76. The first-order valence-electron chi connectivity index (χ1n) is 4.69. The van der Waals surface area contributed by atoms with Crippen molar-refractivity contribution in [2.24, 2.45) is 0 Å². The Hall–Kier alpha value is -1.78. The van der Waals surface area contributed by atoms with Crippen LogP contribution in [0.5, 0.6) is 5.75 Å². The third-order valence-corrected chi connectivity index (χ3v) is 3.50. The zero-order chi connectivity index (χ0) is 13.1. The van der Waals surface area contributed by atoms with Gasteiger partial charge in [-0.1, -0.05) is 6.07 Å². The van der Waals surface area contributed by atoms with Gasteiger partial charge in [-0.05, 0) is 12.1 Å². The number of para-hydroxylation sites is 1. The van der Waals surface area contributed by atoms with E-state index in [0.717, 1.165) is 4.31 Å². The van der Waals surface area contributed by atoms with Crippen molar-refractivity contribution in [3.05, 3.63) is 23.8 Å². The van der Waals surface area contributed by atoms with Gasteiger partial charge in [-0.3, -0.25) is 4.72 Å². The Morgan fingerprint density at radius 2 is 2.06 bits per heavy atom. The average Bonchev–Trinajstić information content (AvgIpc) is 2.28. The summed E-state index contributed by atoms with van der Waals surface area (Å²) in [7, 11) is 0.528. The molecule has 92 valence electrons. The van der Waals surface area contributed by atoms with E-state index in [1.807, 2.05) is 6.07 Å². The van der Waals surface area contributed by atoms with Crippen molar-refractivity contribution in [1.82, 2.24) is 4.31 Å². The van der Waals surface area contributed by atoms with Crippen molar-refractivity contribution in [3.63, 3.8) is 0 Å². The number of hydrogen-bond acceptors (Lipinski definition) is 4. The minimum Gasteiger partial charge on any atom is -0.495 e. The molecule has 0 spiro atoms. The highest BCUT2D eigenvalue weighted by Gasteiger charge is 2.18. The fourth-order valence-corrected chi connectivity index (χ4v) is 1.77.